The second-order valence-corrected chi connectivity index (χ2v) is 16.4. The number of carbonyl (C=O) groups excluding carboxylic acids is 2. The van der Waals surface area contributed by atoms with Crippen LogP contribution in [0.15, 0.2) is 134 Å². The third kappa shape index (κ3) is 43.7. The van der Waals surface area contributed by atoms with Gasteiger partial charge in [-0.2, -0.15) is 0 Å². The molecule has 0 saturated heterocycles. The molecule has 0 fully saturated rings. The second-order valence-electron chi connectivity index (χ2n) is 15.0. The van der Waals surface area contributed by atoms with E-state index >= 15 is 0 Å². The number of phosphoric ester groups is 1. The zero-order valence-electron chi connectivity index (χ0n) is 37.6. The van der Waals surface area contributed by atoms with Crippen LogP contribution in [0.4, 0.5) is 0 Å². The Morgan fingerprint density at radius 3 is 1.30 bits per heavy atom. The average molecular weight is 853 g/mol. The van der Waals surface area contributed by atoms with Crippen molar-refractivity contribution in [2.45, 2.75) is 123 Å². The Morgan fingerprint density at radius 1 is 0.517 bits per heavy atom. The fraction of sp³-hybridized carbons (Fsp3) is 0.520. The number of esters is 2. The lowest BCUT2D eigenvalue weighted by molar-refractivity contribution is -0.870. The van der Waals surface area contributed by atoms with Crippen LogP contribution in [0.5, 0.6) is 0 Å². The third-order valence-electron chi connectivity index (χ3n) is 8.19. The highest BCUT2D eigenvalue weighted by atomic mass is 31.2. The average Bonchev–Trinajstić information content (AvgIpc) is 3.20. The van der Waals surface area contributed by atoms with Crippen molar-refractivity contribution >= 4 is 19.8 Å². The number of allylic oxidation sites excluding steroid dienone is 22. The van der Waals surface area contributed by atoms with E-state index in [9.17, 15) is 19.0 Å². The van der Waals surface area contributed by atoms with Gasteiger partial charge in [-0.3, -0.25) is 18.6 Å². The number of nitrogens with zero attached hydrogens (tertiary/aromatic N) is 1. The highest BCUT2D eigenvalue weighted by molar-refractivity contribution is 7.47. The van der Waals surface area contributed by atoms with E-state index in [-0.39, 0.29) is 26.1 Å². The molecular weight excluding hydrogens is 774 g/mol. The number of carbonyl (C=O) groups is 2. The molecule has 0 aromatic rings. The summed E-state index contributed by atoms with van der Waals surface area (Å²) >= 11 is 0. The van der Waals surface area contributed by atoms with Gasteiger partial charge in [0.2, 0.25) is 0 Å². The molecule has 0 heterocycles. The van der Waals surface area contributed by atoms with Gasteiger partial charge in [0.15, 0.2) is 6.10 Å². The Morgan fingerprint density at radius 2 is 0.900 bits per heavy atom. The fourth-order valence-corrected chi connectivity index (χ4v) is 5.58. The van der Waals surface area contributed by atoms with Gasteiger partial charge in [-0.25, -0.2) is 4.57 Å². The van der Waals surface area contributed by atoms with E-state index in [1.165, 1.54) is 0 Å². The summed E-state index contributed by atoms with van der Waals surface area (Å²) in [6.07, 6.45) is 58.1. The minimum absolute atomic E-state index is 0.00111. The number of hydrogen-bond acceptors (Lipinski definition) is 7. The quantitative estimate of drug-likeness (QED) is 0.0216. The third-order valence-corrected chi connectivity index (χ3v) is 9.17. The predicted octanol–water partition coefficient (Wildman–Crippen LogP) is 12.7. The zero-order chi connectivity index (χ0) is 44.3. The summed E-state index contributed by atoms with van der Waals surface area (Å²) < 4.78 is 34.1. The van der Waals surface area contributed by atoms with Gasteiger partial charge in [-0.15, -0.1) is 0 Å². The molecule has 10 heteroatoms. The maximum Gasteiger partial charge on any atom is 0.472 e. The summed E-state index contributed by atoms with van der Waals surface area (Å²) in [4.78, 5) is 35.3. The van der Waals surface area contributed by atoms with Gasteiger partial charge in [0.1, 0.15) is 19.8 Å². The van der Waals surface area contributed by atoms with Crippen molar-refractivity contribution in [1.29, 1.82) is 0 Å². The lowest BCUT2D eigenvalue weighted by atomic mass is 10.2. The molecule has 336 valence electrons. The molecular formula is C50H79NO8P+. The SMILES string of the molecule is CC/C=C\C/C=C\C/C=C\C/C=C\C/C=C\C/C=C\CCC(=O)OC[C@H](COP(=O)(O)OCC[N+](C)(C)C)OC(=O)CCC/C=C\C/C=C\C/C=C\C/C=C\C/C=C\CC. The Kier molecular flexibility index (Phi) is 37.9. The first-order chi connectivity index (χ1) is 29.0. The molecule has 0 saturated carbocycles. The van der Waals surface area contributed by atoms with Crippen LogP contribution in [0.1, 0.15) is 117 Å². The summed E-state index contributed by atoms with van der Waals surface area (Å²) in [5.41, 5.74) is 0. The maximum atomic E-state index is 12.7. The zero-order valence-corrected chi connectivity index (χ0v) is 38.5. The molecule has 0 aromatic heterocycles. The van der Waals surface area contributed by atoms with Crippen molar-refractivity contribution in [3.05, 3.63) is 134 Å². The van der Waals surface area contributed by atoms with Crippen LogP contribution in [0.3, 0.4) is 0 Å². The Bertz CT molecular complexity index is 1470. The van der Waals surface area contributed by atoms with Crippen LogP contribution >= 0.6 is 7.82 Å². The molecule has 0 aromatic carbocycles. The number of unbranched alkanes of at least 4 members (excludes halogenated alkanes) is 1. The largest absolute Gasteiger partial charge is 0.472 e. The number of quaternary nitrogens is 1. The normalized spacial score (nSPS) is 14.8. The number of ether oxygens (including phenoxy) is 2. The van der Waals surface area contributed by atoms with Gasteiger partial charge in [-0.1, -0.05) is 148 Å². The van der Waals surface area contributed by atoms with Crippen LogP contribution in [-0.2, 0) is 32.7 Å². The van der Waals surface area contributed by atoms with Crippen LogP contribution in [0.2, 0.25) is 0 Å². The molecule has 0 bridgehead atoms. The predicted molar refractivity (Wildman–Crippen MR) is 251 cm³/mol. The molecule has 0 rings (SSSR count). The van der Waals surface area contributed by atoms with Gasteiger partial charge >= 0.3 is 19.8 Å². The first-order valence-electron chi connectivity index (χ1n) is 21.9. The molecule has 0 aliphatic carbocycles. The number of phosphoric acid groups is 1. The van der Waals surface area contributed by atoms with Crippen LogP contribution in [-0.4, -0.2) is 74.9 Å². The summed E-state index contributed by atoms with van der Waals surface area (Å²) in [5, 5.41) is 0. The van der Waals surface area contributed by atoms with Gasteiger partial charge in [0, 0.05) is 12.8 Å². The molecule has 1 unspecified atom stereocenters. The molecule has 0 amide bonds. The topological polar surface area (TPSA) is 108 Å². The summed E-state index contributed by atoms with van der Waals surface area (Å²) in [6.45, 7) is 4.00. The molecule has 2 atom stereocenters. The number of likely N-dealkylation sites (N-methyl/N-ethyl adjacent to an activating group) is 1. The van der Waals surface area contributed by atoms with Crippen molar-refractivity contribution < 1.29 is 42.1 Å². The first kappa shape index (κ1) is 56.1. The maximum absolute atomic E-state index is 12.7. The summed E-state index contributed by atoms with van der Waals surface area (Å²) in [5.74, 6) is -0.982. The van der Waals surface area contributed by atoms with Crippen LogP contribution in [0, 0.1) is 0 Å². The second kappa shape index (κ2) is 40.6. The lowest BCUT2D eigenvalue weighted by Crippen LogP contribution is -2.37. The van der Waals surface area contributed by atoms with E-state index in [0.29, 0.717) is 30.3 Å². The van der Waals surface area contributed by atoms with Crippen LogP contribution < -0.4 is 0 Å². The first-order valence-corrected chi connectivity index (χ1v) is 23.4. The molecule has 0 spiro atoms. The van der Waals surface area contributed by atoms with Gasteiger partial charge in [0.05, 0.1) is 27.7 Å². The highest BCUT2D eigenvalue weighted by Crippen LogP contribution is 2.43. The van der Waals surface area contributed by atoms with Crippen molar-refractivity contribution in [2.24, 2.45) is 0 Å². The number of hydrogen-bond donors (Lipinski definition) is 1. The van der Waals surface area contributed by atoms with E-state index in [1.54, 1.807) is 0 Å². The molecule has 0 aliphatic heterocycles. The molecule has 0 radical (unpaired) electrons. The van der Waals surface area contributed by atoms with Crippen molar-refractivity contribution in [1.82, 2.24) is 0 Å². The minimum atomic E-state index is -4.42. The van der Waals surface area contributed by atoms with Crippen LogP contribution in [0.25, 0.3) is 0 Å². The van der Waals surface area contributed by atoms with Crippen molar-refractivity contribution in [2.75, 3.05) is 47.5 Å². The van der Waals surface area contributed by atoms with Gasteiger partial charge in [0.25, 0.3) is 0 Å². The van der Waals surface area contributed by atoms with Crippen molar-refractivity contribution in [3.8, 4) is 0 Å². The smallest absolute Gasteiger partial charge is 0.462 e. The molecule has 9 nitrogen and oxygen atoms in total. The minimum Gasteiger partial charge on any atom is -0.462 e. The monoisotopic (exact) mass is 853 g/mol. The lowest BCUT2D eigenvalue weighted by Gasteiger charge is -2.24. The Labute approximate surface area is 364 Å². The highest BCUT2D eigenvalue weighted by Gasteiger charge is 2.27. The van der Waals surface area contributed by atoms with E-state index < -0.39 is 32.5 Å². The standard InChI is InChI=1S/C50H78NO8P/c1-6-8-10-12-14-16-18-20-22-24-25-27-28-30-32-34-36-38-40-42-49(52)56-46-48(47-58-60(54,55)57-45-44-51(3,4)5)59-50(53)43-41-39-37-35-33-31-29-26-23-21-19-17-15-13-11-9-7-2/h8-11,14-17,20-23,25,27,29-32,35-38,48H,6-7,12-13,18-19,24,26,28,33-34,39-47H2,1-5H3/p+1/b10-8-,11-9-,16-14-,17-15-,22-20-,23-21-,27-25-,31-29-,32-30-,37-35-,38-36-/t48-/m1/s1. The molecule has 1 N–H and O–H groups in total. The fourth-order valence-electron chi connectivity index (χ4n) is 4.84. The van der Waals surface area contributed by atoms with Gasteiger partial charge in [-0.05, 0) is 89.9 Å². The summed E-state index contributed by atoms with van der Waals surface area (Å²) in [7, 11) is 1.37. The van der Waals surface area contributed by atoms with E-state index in [1.807, 2.05) is 39.4 Å². The van der Waals surface area contributed by atoms with E-state index in [2.05, 4.69) is 129 Å². The van der Waals surface area contributed by atoms with Gasteiger partial charge < -0.3 is 18.9 Å². The molecule has 0 aliphatic rings. The Balaban J connectivity index is 4.61. The Hall–Kier alpha value is -3.85. The van der Waals surface area contributed by atoms with E-state index in [4.69, 9.17) is 18.5 Å². The summed E-state index contributed by atoms with van der Waals surface area (Å²) in [6, 6.07) is 0. The van der Waals surface area contributed by atoms with E-state index in [0.717, 1.165) is 70.6 Å². The molecule has 60 heavy (non-hydrogen) atoms. The van der Waals surface area contributed by atoms with Crippen molar-refractivity contribution in [3.63, 3.8) is 0 Å². The number of rotatable bonds is 37.